The lowest BCUT2D eigenvalue weighted by Crippen LogP contribution is -2.49. The van der Waals surface area contributed by atoms with Crippen molar-refractivity contribution in [2.75, 3.05) is 45.9 Å². The molecule has 1 fully saturated rings. The van der Waals surface area contributed by atoms with Gasteiger partial charge in [-0.15, -0.1) is 0 Å². The minimum Gasteiger partial charge on any atom is -0.493 e. The molecule has 2 aromatic rings. The number of hydrogen-bond donors (Lipinski definition) is 0. The van der Waals surface area contributed by atoms with Crippen LogP contribution in [0.1, 0.15) is 57.9 Å². The largest absolute Gasteiger partial charge is 0.493 e. The van der Waals surface area contributed by atoms with Crippen molar-refractivity contribution in [3.63, 3.8) is 0 Å². The lowest BCUT2D eigenvalue weighted by atomic mass is 9.73. The molecular weight excluding hydrogens is 467 g/mol. The zero-order valence-corrected chi connectivity index (χ0v) is 22.6. The zero-order valence-electron chi connectivity index (χ0n) is 22.6. The van der Waals surface area contributed by atoms with Crippen molar-refractivity contribution in [2.45, 2.75) is 58.8 Å². The van der Waals surface area contributed by atoms with Gasteiger partial charge in [0.1, 0.15) is 23.9 Å². The summed E-state index contributed by atoms with van der Waals surface area (Å²) in [6.45, 7) is 10.3. The van der Waals surface area contributed by atoms with Crippen LogP contribution in [-0.2, 0) is 11.2 Å². The van der Waals surface area contributed by atoms with E-state index in [0.29, 0.717) is 31.3 Å². The summed E-state index contributed by atoms with van der Waals surface area (Å²) in [5.41, 5.74) is 1.56. The number of carbonyl (C=O) groups is 1. The van der Waals surface area contributed by atoms with Crippen LogP contribution < -0.4 is 9.47 Å². The Hall–Kier alpha value is -2.60. The molecule has 0 bridgehead atoms. The van der Waals surface area contributed by atoms with Crippen LogP contribution in [0.2, 0.25) is 0 Å². The van der Waals surface area contributed by atoms with E-state index in [1.807, 2.05) is 4.90 Å². The van der Waals surface area contributed by atoms with Crippen LogP contribution in [0.25, 0.3) is 0 Å². The van der Waals surface area contributed by atoms with E-state index in [1.165, 1.54) is 30.5 Å². The first kappa shape index (κ1) is 27.4. The summed E-state index contributed by atoms with van der Waals surface area (Å²) in [4.78, 5) is 17.5. The van der Waals surface area contributed by atoms with E-state index in [-0.39, 0.29) is 17.1 Å². The van der Waals surface area contributed by atoms with Gasteiger partial charge in [0.05, 0.1) is 13.0 Å². The van der Waals surface area contributed by atoms with Gasteiger partial charge < -0.3 is 14.4 Å². The molecule has 2 aromatic carbocycles. The number of nitrogens with zero attached hydrogens (tertiary/aromatic N) is 2. The van der Waals surface area contributed by atoms with Gasteiger partial charge in [0.25, 0.3) is 0 Å². The van der Waals surface area contributed by atoms with Crippen LogP contribution in [0.5, 0.6) is 11.5 Å². The number of fused-ring (bicyclic) bond motifs is 1. The second-order valence-corrected chi connectivity index (χ2v) is 11.2. The predicted octanol–water partition coefficient (Wildman–Crippen LogP) is 5.97. The molecule has 0 atom stereocenters. The molecule has 37 heavy (non-hydrogen) atoms. The first-order valence-electron chi connectivity index (χ1n) is 14.0. The number of rotatable bonds is 6. The summed E-state index contributed by atoms with van der Waals surface area (Å²) < 4.78 is 25.0. The van der Waals surface area contributed by atoms with Crippen molar-refractivity contribution < 1.29 is 18.7 Å². The summed E-state index contributed by atoms with van der Waals surface area (Å²) in [5, 5.41) is 0. The van der Waals surface area contributed by atoms with Gasteiger partial charge in [-0.2, -0.15) is 0 Å². The Labute approximate surface area is 221 Å². The minimum absolute atomic E-state index is 0.147. The summed E-state index contributed by atoms with van der Waals surface area (Å²) in [5.74, 6) is 2.09. The number of amides is 1. The molecule has 202 valence electrons. The molecule has 1 spiro atoms. The highest BCUT2D eigenvalue weighted by Crippen LogP contribution is 2.38. The normalized spacial score (nSPS) is 19.0. The Kier molecular flexibility index (Phi) is 9.84. The van der Waals surface area contributed by atoms with E-state index < -0.39 is 0 Å². The fourth-order valence-electron chi connectivity index (χ4n) is 5.84. The van der Waals surface area contributed by atoms with Crippen LogP contribution in [0, 0.1) is 17.2 Å². The molecule has 2 heterocycles. The molecule has 0 unspecified atom stereocenters. The molecule has 2 aliphatic rings. The third-order valence-corrected chi connectivity index (χ3v) is 7.80. The van der Waals surface area contributed by atoms with Crippen LogP contribution in [0.4, 0.5) is 4.39 Å². The van der Waals surface area contributed by atoms with Gasteiger partial charge in [-0.3, -0.25) is 9.69 Å². The van der Waals surface area contributed by atoms with Gasteiger partial charge in [-0.25, -0.2) is 4.39 Å². The van der Waals surface area contributed by atoms with Crippen LogP contribution >= 0.6 is 0 Å². The molecular formula is C31H43FN2O3. The Bertz CT molecular complexity index is 986. The average Bonchev–Trinajstić information content (AvgIpc) is 2.88. The van der Waals surface area contributed by atoms with Gasteiger partial charge in [-0.1, -0.05) is 38.5 Å². The fraction of sp³-hybridized carbons (Fsp3) is 0.581. The maximum absolute atomic E-state index is 13.1. The highest BCUT2D eigenvalue weighted by Gasteiger charge is 2.37. The van der Waals surface area contributed by atoms with Crippen molar-refractivity contribution in [1.29, 1.82) is 0 Å². The maximum atomic E-state index is 13.1. The molecule has 6 heteroatoms. The first-order valence-corrected chi connectivity index (χ1v) is 14.0. The highest BCUT2D eigenvalue weighted by atomic mass is 19.1. The van der Waals surface area contributed by atoms with Gasteiger partial charge in [0.15, 0.2) is 0 Å². The lowest BCUT2D eigenvalue weighted by Gasteiger charge is -2.45. The van der Waals surface area contributed by atoms with E-state index in [9.17, 15) is 9.18 Å². The highest BCUT2D eigenvalue weighted by molar-refractivity contribution is 5.76. The van der Waals surface area contributed by atoms with Crippen molar-refractivity contribution in [1.82, 2.24) is 9.80 Å². The van der Waals surface area contributed by atoms with E-state index in [4.69, 9.17) is 9.47 Å². The van der Waals surface area contributed by atoms with E-state index >= 15 is 0 Å². The van der Waals surface area contributed by atoms with Gasteiger partial charge >= 0.3 is 0 Å². The second-order valence-electron chi connectivity index (χ2n) is 11.2. The lowest BCUT2D eigenvalue weighted by molar-refractivity contribution is -0.134. The number of halogens is 1. The number of benzene rings is 2. The van der Waals surface area contributed by atoms with Crippen LogP contribution in [-0.4, -0.2) is 61.6 Å². The molecule has 2 aliphatic heterocycles. The zero-order chi connectivity index (χ0) is 26.1. The number of ether oxygens (including phenoxy) is 2. The Balaban J connectivity index is 1.34. The SMILES string of the molecule is CC(C)CN1CCOc2ccccc2CCCCC2(CCN(C(=O)CCOc3ccc(F)cc3)CC2)C1. The molecule has 0 saturated carbocycles. The molecule has 0 radical (unpaired) electrons. The van der Waals surface area contributed by atoms with Gasteiger partial charge in [0.2, 0.25) is 5.91 Å². The summed E-state index contributed by atoms with van der Waals surface area (Å²) in [6.07, 6.45) is 7.06. The number of carbonyl (C=O) groups excluding carboxylic acids is 1. The quantitative estimate of drug-likeness (QED) is 0.480. The number of aryl methyl sites for hydroxylation is 1. The molecule has 1 saturated heterocycles. The molecule has 0 aromatic heterocycles. The monoisotopic (exact) mass is 510 g/mol. The van der Waals surface area contributed by atoms with E-state index in [2.05, 4.69) is 43.0 Å². The Morgan fingerprint density at radius 2 is 1.78 bits per heavy atom. The van der Waals surface area contributed by atoms with Crippen molar-refractivity contribution in [3.05, 3.63) is 59.9 Å². The first-order chi connectivity index (χ1) is 17.9. The number of hydrogen-bond acceptors (Lipinski definition) is 4. The standard InChI is InChI=1S/C31H43FN2O3/c1-25(2)23-33-20-22-37-29-9-4-3-7-26(29)8-5-6-15-31(24-33)16-18-34(19-17-31)30(35)14-21-36-28-12-10-27(32)11-13-28/h3-4,7,9-13,25H,5-6,8,14-24H2,1-2H3. The molecule has 4 rings (SSSR count). The summed E-state index contributed by atoms with van der Waals surface area (Å²) in [7, 11) is 0. The average molecular weight is 511 g/mol. The predicted molar refractivity (Wildman–Crippen MR) is 146 cm³/mol. The van der Waals surface area contributed by atoms with Crippen LogP contribution in [0.3, 0.4) is 0 Å². The smallest absolute Gasteiger partial charge is 0.225 e. The third-order valence-electron chi connectivity index (χ3n) is 7.80. The molecule has 5 nitrogen and oxygen atoms in total. The second kappa shape index (κ2) is 13.3. The van der Waals surface area contributed by atoms with E-state index in [1.54, 1.807) is 12.1 Å². The van der Waals surface area contributed by atoms with Crippen molar-refractivity contribution in [2.24, 2.45) is 11.3 Å². The third kappa shape index (κ3) is 8.19. The summed E-state index contributed by atoms with van der Waals surface area (Å²) in [6, 6.07) is 14.4. The van der Waals surface area contributed by atoms with Crippen molar-refractivity contribution >= 4 is 5.91 Å². The van der Waals surface area contributed by atoms with Crippen molar-refractivity contribution in [3.8, 4) is 11.5 Å². The molecule has 0 N–H and O–H groups in total. The van der Waals surface area contributed by atoms with Gasteiger partial charge in [-0.05, 0) is 79.3 Å². The van der Waals surface area contributed by atoms with Crippen LogP contribution in [0.15, 0.2) is 48.5 Å². The summed E-state index contributed by atoms with van der Waals surface area (Å²) >= 11 is 0. The molecule has 1 amide bonds. The Morgan fingerprint density at radius 3 is 2.54 bits per heavy atom. The number of likely N-dealkylation sites (tertiary alicyclic amines) is 1. The fourth-order valence-corrected chi connectivity index (χ4v) is 5.84. The van der Waals surface area contributed by atoms with Gasteiger partial charge in [0, 0.05) is 32.7 Å². The maximum Gasteiger partial charge on any atom is 0.225 e. The van der Waals surface area contributed by atoms with E-state index in [0.717, 1.165) is 64.2 Å². The Morgan fingerprint density at radius 1 is 1.03 bits per heavy atom. The number of piperidine rings is 1. The minimum atomic E-state index is -0.290. The number of para-hydroxylation sites is 1. The topological polar surface area (TPSA) is 42.0 Å². The molecule has 0 aliphatic carbocycles.